The summed E-state index contributed by atoms with van der Waals surface area (Å²) in [6.07, 6.45) is 4.79. The van der Waals surface area contributed by atoms with Crippen LogP contribution < -0.4 is 5.32 Å². The minimum Gasteiger partial charge on any atom is -0.339 e. The van der Waals surface area contributed by atoms with E-state index in [0.717, 1.165) is 45.1 Å². The van der Waals surface area contributed by atoms with Crippen molar-refractivity contribution in [2.45, 2.75) is 58.5 Å². The Labute approximate surface area is 129 Å². The van der Waals surface area contributed by atoms with Crippen LogP contribution in [0.25, 0.3) is 0 Å². The fraction of sp³-hybridized carbons (Fsp3) is 0.941. The summed E-state index contributed by atoms with van der Waals surface area (Å²) < 4.78 is 0. The third-order valence-electron chi connectivity index (χ3n) is 5.73. The second-order valence-electron chi connectivity index (χ2n) is 8.09. The second-order valence-corrected chi connectivity index (χ2v) is 8.09. The summed E-state index contributed by atoms with van der Waals surface area (Å²) in [4.78, 5) is 17.5. The van der Waals surface area contributed by atoms with Crippen molar-refractivity contribution in [1.82, 2.24) is 15.1 Å². The number of carbonyl (C=O) groups is 1. The maximum atomic E-state index is 12.9. The van der Waals surface area contributed by atoms with Crippen molar-refractivity contribution in [3.05, 3.63) is 0 Å². The second kappa shape index (κ2) is 5.88. The topological polar surface area (TPSA) is 35.6 Å². The molecule has 0 bridgehead atoms. The Morgan fingerprint density at radius 2 is 1.86 bits per heavy atom. The lowest BCUT2D eigenvalue weighted by Crippen LogP contribution is -2.54. The molecule has 2 aliphatic heterocycles. The Morgan fingerprint density at radius 3 is 2.48 bits per heavy atom. The van der Waals surface area contributed by atoms with Crippen LogP contribution in [0.5, 0.6) is 0 Å². The molecule has 21 heavy (non-hydrogen) atoms. The van der Waals surface area contributed by atoms with E-state index in [0.29, 0.717) is 17.4 Å². The highest BCUT2D eigenvalue weighted by molar-refractivity contribution is 5.82. The molecule has 3 fully saturated rings. The number of nitrogens with one attached hydrogen (secondary N) is 1. The van der Waals surface area contributed by atoms with Gasteiger partial charge in [-0.2, -0.15) is 0 Å². The van der Waals surface area contributed by atoms with Gasteiger partial charge in [0.2, 0.25) is 5.91 Å². The van der Waals surface area contributed by atoms with Crippen LogP contribution in [-0.2, 0) is 4.79 Å². The van der Waals surface area contributed by atoms with Crippen molar-refractivity contribution < 1.29 is 4.79 Å². The third-order valence-corrected chi connectivity index (χ3v) is 5.73. The van der Waals surface area contributed by atoms with Crippen molar-refractivity contribution in [2.75, 3.05) is 32.7 Å². The van der Waals surface area contributed by atoms with Gasteiger partial charge in [0.25, 0.3) is 0 Å². The molecule has 4 heteroatoms. The summed E-state index contributed by atoms with van der Waals surface area (Å²) in [7, 11) is 0. The smallest absolute Gasteiger partial charge is 0.240 e. The number of nitrogens with zero attached hydrogens (tertiary/aromatic N) is 2. The number of carbonyl (C=O) groups excluding carboxylic acids is 1. The zero-order valence-corrected chi connectivity index (χ0v) is 13.9. The Hall–Kier alpha value is -0.610. The molecular formula is C17H31N3O. The first-order valence-corrected chi connectivity index (χ1v) is 8.73. The standard InChI is InChI=1S/C17H31N3O/c1-13-11-17(2,3)12-15(13)20-8-4-5-14(20)16(21)19-9-6-18-7-10-19/h13-15,18H,4-12H2,1-3H3. The zero-order chi connectivity index (χ0) is 15.0. The number of piperazine rings is 1. The van der Waals surface area contributed by atoms with Gasteiger partial charge in [0, 0.05) is 32.2 Å². The number of amides is 1. The predicted octanol–water partition coefficient (Wildman–Crippen LogP) is 1.71. The first-order chi connectivity index (χ1) is 9.98. The Balaban J connectivity index is 1.69. The Bertz CT molecular complexity index is 389. The Kier molecular flexibility index (Phi) is 4.28. The van der Waals surface area contributed by atoms with Gasteiger partial charge in [-0.3, -0.25) is 9.69 Å². The van der Waals surface area contributed by atoms with Crippen LogP contribution in [0.1, 0.15) is 46.5 Å². The Morgan fingerprint density at radius 1 is 1.14 bits per heavy atom. The van der Waals surface area contributed by atoms with Gasteiger partial charge in [-0.05, 0) is 43.6 Å². The molecule has 3 aliphatic rings. The van der Waals surface area contributed by atoms with E-state index in [1.54, 1.807) is 0 Å². The third kappa shape index (κ3) is 3.11. The van der Waals surface area contributed by atoms with Crippen molar-refractivity contribution in [3.8, 4) is 0 Å². The molecule has 120 valence electrons. The monoisotopic (exact) mass is 293 g/mol. The molecule has 2 saturated heterocycles. The van der Waals surface area contributed by atoms with Crippen LogP contribution in [0.15, 0.2) is 0 Å². The molecule has 1 N–H and O–H groups in total. The maximum Gasteiger partial charge on any atom is 0.240 e. The summed E-state index contributed by atoms with van der Waals surface area (Å²) in [5.41, 5.74) is 0.440. The number of hydrogen-bond donors (Lipinski definition) is 1. The van der Waals surface area contributed by atoms with Gasteiger partial charge in [-0.15, -0.1) is 0 Å². The normalized spacial score (nSPS) is 37.1. The van der Waals surface area contributed by atoms with Gasteiger partial charge in [-0.25, -0.2) is 0 Å². The number of likely N-dealkylation sites (tertiary alicyclic amines) is 1. The molecule has 0 spiro atoms. The van der Waals surface area contributed by atoms with Crippen LogP contribution in [0.3, 0.4) is 0 Å². The highest BCUT2D eigenvalue weighted by Gasteiger charge is 2.45. The molecule has 0 aromatic heterocycles. The molecule has 0 aromatic carbocycles. The van der Waals surface area contributed by atoms with E-state index >= 15 is 0 Å². The molecule has 0 aromatic rings. The highest BCUT2D eigenvalue weighted by Crippen LogP contribution is 2.45. The highest BCUT2D eigenvalue weighted by atomic mass is 16.2. The van der Waals surface area contributed by atoms with Crippen LogP contribution in [0, 0.1) is 11.3 Å². The van der Waals surface area contributed by atoms with Crippen molar-refractivity contribution in [3.63, 3.8) is 0 Å². The van der Waals surface area contributed by atoms with Crippen LogP contribution >= 0.6 is 0 Å². The minimum atomic E-state index is 0.157. The largest absolute Gasteiger partial charge is 0.339 e. The zero-order valence-electron chi connectivity index (χ0n) is 13.9. The van der Waals surface area contributed by atoms with Gasteiger partial charge in [-0.1, -0.05) is 20.8 Å². The summed E-state index contributed by atoms with van der Waals surface area (Å²) in [6.45, 7) is 11.9. The van der Waals surface area contributed by atoms with Crippen LogP contribution in [0.4, 0.5) is 0 Å². The fourth-order valence-corrected chi connectivity index (χ4v) is 4.85. The molecule has 2 heterocycles. The first kappa shape index (κ1) is 15.3. The average Bonchev–Trinajstić information content (AvgIpc) is 3.02. The molecule has 3 unspecified atom stereocenters. The van der Waals surface area contributed by atoms with Gasteiger partial charge < -0.3 is 10.2 Å². The molecule has 1 amide bonds. The summed E-state index contributed by atoms with van der Waals surface area (Å²) in [6, 6.07) is 0.767. The molecule has 4 nitrogen and oxygen atoms in total. The fourth-order valence-electron chi connectivity index (χ4n) is 4.85. The predicted molar refractivity (Wildman–Crippen MR) is 85.1 cm³/mol. The van der Waals surface area contributed by atoms with E-state index in [4.69, 9.17) is 0 Å². The van der Waals surface area contributed by atoms with Crippen LogP contribution in [-0.4, -0.2) is 60.5 Å². The number of hydrogen-bond acceptors (Lipinski definition) is 3. The van der Waals surface area contributed by atoms with Gasteiger partial charge in [0.05, 0.1) is 6.04 Å². The molecule has 3 atom stereocenters. The average molecular weight is 293 g/mol. The minimum absolute atomic E-state index is 0.157. The van der Waals surface area contributed by atoms with Crippen molar-refractivity contribution >= 4 is 5.91 Å². The van der Waals surface area contributed by atoms with Gasteiger partial charge in [0.15, 0.2) is 0 Å². The van der Waals surface area contributed by atoms with E-state index in [-0.39, 0.29) is 6.04 Å². The molecule has 0 radical (unpaired) electrons. The van der Waals surface area contributed by atoms with E-state index < -0.39 is 0 Å². The van der Waals surface area contributed by atoms with Crippen molar-refractivity contribution in [1.29, 1.82) is 0 Å². The molecule has 1 saturated carbocycles. The summed E-state index contributed by atoms with van der Waals surface area (Å²) in [5, 5.41) is 3.34. The lowest BCUT2D eigenvalue weighted by molar-refractivity contribution is -0.137. The van der Waals surface area contributed by atoms with Gasteiger partial charge >= 0.3 is 0 Å². The molecular weight excluding hydrogens is 262 g/mol. The van der Waals surface area contributed by atoms with E-state index in [1.807, 2.05) is 0 Å². The quantitative estimate of drug-likeness (QED) is 0.842. The van der Waals surface area contributed by atoms with E-state index in [1.165, 1.54) is 19.3 Å². The summed E-state index contributed by atoms with van der Waals surface area (Å²) >= 11 is 0. The lowest BCUT2D eigenvalue weighted by atomic mass is 9.91. The van der Waals surface area contributed by atoms with E-state index in [2.05, 4.69) is 35.9 Å². The van der Waals surface area contributed by atoms with E-state index in [9.17, 15) is 4.79 Å². The first-order valence-electron chi connectivity index (χ1n) is 8.73. The maximum absolute atomic E-state index is 12.9. The lowest BCUT2D eigenvalue weighted by Gasteiger charge is -2.37. The van der Waals surface area contributed by atoms with Crippen molar-refractivity contribution in [2.24, 2.45) is 11.3 Å². The SMILES string of the molecule is CC1CC(C)(C)CC1N1CCCC1C(=O)N1CCNCC1. The number of rotatable bonds is 2. The van der Waals surface area contributed by atoms with Gasteiger partial charge in [0.1, 0.15) is 0 Å². The molecule has 3 rings (SSSR count). The molecule has 1 aliphatic carbocycles. The van der Waals surface area contributed by atoms with Crippen LogP contribution in [0.2, 0.25) is 0 Å². The summed E-state index contributed by atoms with van der Waals surface area (Å²) in [5.74, 6) is 1.11.